The number of amides is 1. The Bertz CT molecular complexity index is 1640. The van der Waals surface area contributed by atoms with Crippen LogP contribution in [-0.4, -0.2) is 47.2 Å². The Morgan fingerprint density at radius 2 is 1.83 bits per heavy atom. The minimum atomic E-state index is -1.04. The van der Waals surface area contributed by atoms with Gasteiger partial charge in [0.2, 0.25) is 0 Å². The third-order valence-electron chi connectivity index (χ3n) is 6.70. The quantitative estimate of drug-likeness (QED) is 0.0993. The molecule has 2 heterocycles. The summed E-state index contributed by atoms with van der Waals surface area (Å²) in [6, 6.07) is 15.7. The van der Waals surface area contributed by atoms with Crippen molar-refractivity contribution in [3.05, 3.63) is 77.4 Å². The van der Waals surface area contributed by atoms with E-state index in [2.05, 4.69) is 11.9 Å². The number of aromatic hydroxyl groups is 1. The molecule has 0 radical (unpaired) electrons. The predicted octanol–water partition coefficient (Wildman–Crippen LogP) is 6.21. The highest BCUT2D eigenvalue weighted by Crippen LogP contribution is 2.46. The van der Waals surface area contributed by atoms with E-state index < -0.39 is 17.7 Å². The molecule has 2 N–H and O–H groups in total. The summed E-state index contributed by atoms with van der Waals surface area (Å²) in [5.74, 6) is -0.773. The van der Waals surface area contributed by atoms with Gasteiger partial charge in [-0.25, -0.2) is 4.98 Å². The number of aliphatic hydroxyl groups excluding tert-OH is 1. The molecule has 1 amide bonds. The van der Waals surface area contributed by atoms with E-state index in [1.807, 2.05) is 13.0 Å². The summed E-state index contributed by atoms with van der Waals surface area (Å²) in [6.45, 7) is 4.97. The monoisotopic (exact) mass is 574 g/mol. The Morgan fingerprint density at radius 3 is 2.59 bits per heavy atom. The van der Waals surface area contributed by atoms with E-state index in [0.717, 1.165) is 17.5 Å². The number of rotatable bonds is 10. The van der Waals surface area contributed by atoms with Crippen LogP contribution in [0.1, 0.15) is 43.9 Å². The van der Waals surface area contributed by atoms with Crippen LogP contribution in [-0.2, 0) is 9.59 Å². The molecule has 3 aromatic carbocycles. The molecule has 212 valence electrons. The number of unbranched alkanes of at least 4 members (excludes halogenated alkanes) is 1. The number of hydrogen-bond acceptors (Lipinski definition) is 9. The van der Waals surface area contributed by atoms with Gasteiger partial charge >= 0.3 is 5.91 Å². The molecule has 1 aliphatic rings. The summed E-state index contributed by atoms with van der Waals surface area (Å²) < 4.78 is 17.5. The summed E-state index contributed by atoms with van der Waals surface area (Å²) in [7, 11) is 1.41. The maximum absolute atomic E-state index is 13.6. The number of Topliss-reactive ketones (excluding diaryl/α,β-unsaturated/α-hetero) is 1. The molecular formula is C31H30N2O7S. The number of fused-ring (bicyclic) bond motifs is 1. The van der Waals surface area contributed by atoms with Crippen LogP contribution < -0.4 is 19.1 Å². The van der Waals surface area contributed by atoms with Gasteiger partial charge in [0.05, 0.1) is 42.2 Å². The molecule has 0 aliphatic carbocycles. The molecule has 1 atom stereocenters. The van der Waals surface area contributed by atoms with Gasteiger partial charge in [0, 0.05) is 5.56 Å². The summed E-state index contributed by atoms with van der Waals surface area (Å²) >= 11 is 1.23. The van der Waals surface area contributed by atoms with Gasteiger partial charge in [-0.1, -0.05) is 42.9 Å². The zero-order valence-corrected chi connectivity index (χ0v) is 23.7. The van der Waals surface area contributed by atoms with Gasteiger partial charge in [-0.3, -0.25) is 14.5 Å². The lowest BCUT2D eigenvalue weighted by Crippen LogP contribution is -2.29. The highest BCUT2D eigenvalue weighted by atomic mass is 32.1. The molecule has 4 aromatic rings. The number of hydrogen-bond donors (Lipinski definition) is 2. The third-order valence-corrected chi connectivity index (χ3v) is 7.72. The number of nitrogens with zero attached hydrogens (tertiary/aromatic N) is 2. The van der Waals surface area contributed by atoms with Crippen LogP contribution in [0.2, 0.25) is 0 Å². The van der Waals surface area contributed by atoms with Crippen LogP contribution in [0.25, 0.3) is 16.0 Å². The number of anilines is 1. The Labute approximate surface area is 241 Å². The molecule has 10 heteroatoms. The van der Waals surface area contributed by atoms with Crippen LogP contribution in [0.4, 0.5) is 5.13 Å². The summed E-state index contributed by atoms with van der Waals surface area (Å²) in [5.41, 5.74) is 1.31. The first kappa shape index (κ1) is 28.0. The molecule has 1 fully saturated rings. The molecule has 41 heavy (non-hydrogen) atoms. The van der Waals surface area contributed by atoms with E-state index in [-0.39, 0.29) is 28.0 Å². The van der Waals surface area contributed by atoms with E-state index in [0.29, 0.717) is 41.4 Å². The zero-order valence-electron chi connectivity index (χ0n) is 22.9. The van der Waals surface area contributed by atoms with E-state index >= 15 is 0 Å². The Balaban J connectivity index is 1.66. The average molecular weight is 575 g/mol. The molecule has 9 nitrogen and oxygen atoms in total. The molecule has 1 unspecified atom stereocenters. The second kappa shape index (κ2) is 11.9. The minimum Gasteiger partial charge on any atom is -0.507 e. The van der Waals surface area contributed by atoms with Gasteiger partial charge in [-0.15, -0.1) is 0 Å². The van der Waals surface area contributed by atoms with Crippen molar-refractivity contribution < 1.29 is 34.0 Å². The van der Waals surface area contributed by atoms with Crippen LogP contribution >= 0.6 is 11.3 Å². The first-order valence-corrected chi connectivity index (χ1v) is 14.1. The minimum absolute atomic E-state index is 0.103. The van der Waals surface area contributed by atoms with Gasteiger partial charge in [0.15, 0.2) is 16.6 Å². The van der Waals surface area contributed by atoms with Crippen molar-refractivity contribution in [1.29, 1.82) is 0 Å². The molecule has 0 spiro atoms. The average Bonchev–Trinajstić information content (AvgIpc) is 3.51. The third kappa shape index (κ3) is 5.43. The normalized spacial score (nSPS) is 16.4. The van der Waals surface area contributed by atoms with Gasteiger partial charge in [-0.05, 0) is 61.4 Å². The fourth-order valence-corrected chi connectivity index (χ4v) is 5.71. The number of aliphatic hydroxyl groups is 1. The van der Waals surface area contributed by atoms with Crippen molar-refractivity contribution in [2.75, 3.05) is 25.2 Å². The van der Waals surface area contributed by atoms with E-state index in [4.69, 9.17) is 14.2 Å². The maximum Gasteiger partial charge on any atom is 0.301 e. The van der Waals surface area contributed by atoms with Crippen molar-refractivity contribution in [2.24, 2.45) is 0 Å². The number of aromatic nitrogens is 1. The fourth-order valence-electron chi connectivity index (χ4n) is 4.68. The van der Waals surface area contributed by atoms with E-state index in [1.165, 1.54) is 35.5 Å². The predicted molar refractivity (Wildman–Crippen MR) is 157 cm³/mol. The first-order valence-electron chi connectivity index (χ1n) is 13.3. The summed E-state index contributed by atoms with van der Waals surface area (Å²) in [5, 5.41) is 22.0. The molecule has 0 bridgehead atoms. The molecular weight excluding hydrogens is 544 g/mol. The molecule has 0 saturated carbocycles. The summed E-state index contributed by atoms with van der Waals surface area (Å²) in [6.07, 6.45) is 1.84. The number of ketones is 1. The lowest BCUT2D eigenvalue weighted by Gasteiger charge is -2.23. The smallest absolute Gasteiger partial charge is 0.301 e. The number of thiazole rings is 1. The standard InChI is InChI=1S/C31H30N2O7S/c1-4-6-14-40-20-9-7-8-19(15-20)28(35)26-27(18-10-13-23(34)24(16-18)38-3)33(30(37)29(26)36)31-32-22-12-11-21(39-5-2)17-25(22)41-31/h7-13,15-17,27,34-35H,4-6,14H2,1-3H3/b28-26+. The Kier molecular flexibility index (Phi) is 8.11. The van der Waals surface area contributed by atoms with Gasteiger partial charge in [0.1, 0.15) is 17.3 Å². The SMILES string of the molecule is CCCCOc1cccc(/C(O)=C2\C(=O)C(=O)N(c3nc4ccc(OCC)cc4s3)C2c2ccc(O)c(OC)c2)c1. The number of benzene rings is 3. The Morgan fingerprint density at radius 1 is 1.02 bits per heavy atom. The number of methoxy groups -OCH3 is 1. The first-order chi connectivity index (χ1) is 19.9. The fraction of sp³-hybridized carbons (Fsp3) is 0.258. The van der Waals surface area contributed by atoms with Crippen molar-refractivity contribution >= 4 is 44.1 Å². The number of carbonyl (C=O) groups excluding carboxylic acids is 2. The largest absolute Gasteiger partial charge is 0.507 e. The second-order valence-corrected chi connectivity index (χ2v) is 10.4. The van der Waals surface area contributed by atoms with E-state index in [9.17, 15) is 19.8 Å². The van der Waals surface area contributed by atoms with Crippen molar-refractivity contribution in [3.63, 3.8) is 0 Å². The van der Waals surface area contributed by atoms with Gasteiger partial charge < -0.3 is 24.4 Å². The molecule has 1 aromatic heterocycles. The van der Waals surface area contributed by atoms with E-state index in [1.54, 1.807) is 42.5 Å². The van der Waals surface area contributed by atoms with Gasteiger partial charge in [-0.2, -0.15) is 0 Å². The summed E-state index contributed by atoms with van der Waals surface area (Å²) in [4.78, 5) is 33.1. The van der Waals surface area contributed by atoms with Crippen LogP contribution in [0, 0.1) is 0 Å². The van der Waals surface area contributed by atoms with Crippen LogP contribution in [0.5, 0.6) is 23.0 Å². The van der Waals surface area contributed by atoms with Crippen molar-refractivity contribution in [1.82, 2.24) is 4.98 Å². The molecule has 1 aliphatic heterocycles. The number of phenols is 1. The lowest BCUT2D eigenvalue weighted by molar-refractivity contribution is -0.132. The Hall–Kier alpha value is -4.57. The lowest BCUT2D eigenvalue weighted by atomic mass is 9.95. The number of ether oxygens (including phenoxy) is 3. The van der Waals surface area contributed by atoms with Crippen LogP contribution in [0.3, 0.4) is 0 Å². The number of carbonyl (C=O) groups is 2. The topological polar surface area (TPSA) is 118 Å². The molecule has 1 saturated heterocycles. The van der Waals surface area contributed by atoms with Crippen LogP contribution in [0.15, 0.2) is 66.2 Å². The molecule has 5 rings (SSSR count). The van der Waals surface area contributed by atoms with Crippen molar-refractivity contribution in [3.8, 4) is 23.0 Å². The second-order valence-electron chi connectivity index (χ2n) is 9.39. The zero-order chi connectivity index (χ0) is 29.1. The number of phenolic OH excluding ortho intramolecular Hbond substituents is 1. The van der Waals surface area contributed by atoms with Gasteiger partial charge in [0.25, 0.3) is 5.78 Å². The van der Waals surface area contributed by atoms with Crippen molar-refractivity contribution in [2.45, 2.75) is 32.7 Å². The maximum atomic E-state index is 13.6. The highest BCUT2D eigenvalue weighted by Gasteiger charge is 2.48. The highest BCUT2D eigenvalue weighted by molar-refractivity contribution is 7.22.